The van der Waals surface area contributed by atoms with E-state index in [0.29, 0.717) is 12.0 Å². The lowest BCUT2D eigenvalue weighted by Crippen LogP contribution is -2.31. The van der Waals surface area contributed by atoms with Crippen LogP contribution in [0.5, 0.6) is 0 Å². The van der Waals surface area contributed by atoms with Crippen LogP contribution in [0.25, 0.3) is 0 Å². The summed E-state index contributed by atoms with van der Waals surface area (Å²) in [6.07, 6.45) is 0.331. The van der Waals surface area contributed by atoms with Crippen LogP contribution in [0.15, 0.2) is 24.3 Å². The molecule has 2 aliphatic heterocycles. The van der Waals surface area contributed by atoms with E-state index in [1.807, 2.05) is 12.1 Å². The summed E-state index contributed by atoms with van der Waals surface area (Å²) in [6, 6.07) is 7.21. The smallest absolute Gasteiger partial charge is 0.321 e. The van der Waals surface area contributed by atoms with Gasteiger partial charge in [0.2, 0.25) is 0 Å². The molecule has 0 radical (unpaired) electrons. The number of carbonyl (C=O) groups is 4. The predicted molar refractivity (Wildman–Crippen MR) is 70.3 cm³/mol. The van der Waals surface area contributed by atoms with Crippen LogP contribution in [0.2, 0.25) is 0 Å². The van der Waals surface area contributed by atoms with E-state index in [9.17, 15) is 19.2 Å². The summed E-state index contributed by atoms with van der Waals surface area (Å²) >= 11 is 0. The Morgan fingerprint density at radius 3 is 2.14 bits per heavy atom. The average Bonchev–Trinajstić information content (AvgIpc) is 2.97. The Bertz CT molecular complexity index is 721. The number of cyclic esters (lactones) is 4. The Morgan fingerprint density at radius 1 is 0.773 bits per heavy atom. The Kier molecular flexibility index (Phi) is 2.69. The van der Waals surface area contributed by atoms with Gasteiger partial charge in [-0.2, -0.15) is 0 Å². The van der Waals surface area contributed by atoms with Crippen molar-refractivity contribution < 1.29 is 28.7 Å². The zero-order valence-electron chi connectivity index (χ0n) is 11.5. The topological polar surface area (TPSA) is 86.7 Å². The minimum absolute atomic E-state index is 0.0121. The monoisotopic (exact) mass is 300 g/mol. The van der Waals surface area contributed by atoms with Gasteiger partial charge in [0.15, 0.2) is 0 Å². The fourth-order valence-corrected chi connectivity index (χ4v) is 3.83. The first-order valence-electron chi connectivity index (χ1n) is 7.15. The molecule has 3 unspecified atom stereocenters. The van der Waals surface area contributed by atoms with E-state index < -0.39 is 41.6 Å². The van der Waals surface area contributed by atoms with Gasteiger partial charge in [0.05, 0.1) is 24.2 Å². The highest BCUT2D eigenvalue weighted by atomic mass is 16.6. The second-order valence-electron chi connectivity index (χ2n) is 5.90. The molecular weight excluding hydrogens is 288 g/mol. The molecule has 3 aliphatic rings. The fourth-order valence-electron chi connectivity index (χ4n) is 3.83. The normalized spacial score (nSPS) is 33.3. The van der Waals surface area contributed by atoms with Crippen molar-refractivity contribution in [3.8, 4) is 0 Å². The van der Waals surface area contributed by atoms with Crippen molar-refractivity contribution in [1.29, 1.82) is 0 Å². The molecule has 2 saturated heterocycles. The van der Waals surface area contributed by atoms with E-state index in [1.54, 1.807) is 12.1 Å². The second-order valence-corrected chi connectivity index (χ2v) is 5.90. The molecular formula is C16H12O6. The maximum atomic E-state index is 11.9. The molecule has 2 fully saturated rings. The van der Waals surface area contributed by atoms with Crippen molar-refractivity contribution in [1.82, 2.24) is 0 Å². The number of hydrogen-bond acceptors (Lipinski definition) is 6. The average molecular weight is 300 g/mol. The lowest BCUT2D eigenvalue weighted by molar-refractivity contribution is -0.155. The molecule has 0 bridgehead atoms. The van der Waals surface area contributed by atoms with Gasteiger partial charge in [-0.15, -0.1) is 0 Å². The molecule has 0 spiro atoms. The fraction of sp³-hybridized carbons (Fsp3) is 0.375. The van der Waals surface area contributed by atoms with E-state index in [-0.39, 0.29) is 12.3 Å². The molecule has 0 amide bonds. The van der Waals surface area contributed by atoms with Crippen molar-refractivity contribution in [2.24, 2.45) is 11.8 Å². The summed E-state index contributed by atoms with van der Waals surface area (Å²) in [7, 11) is 0. The third-order valence-corrected chi connectivity index (χ3v) is 4.79. The zero-order valence-corrected chi connectivity index (χ0v) is 11.5. The predicted octanol–water partition coefficient (Wildman–Crippen LogP) is 1.05. The number of benzene rings is 1. The van der Waals surface area contributed by atoms with Crippen LogP contribution < -0.4 is 0 Å². The first-order valence-corrected chi connectivity index (χ1v) is 7.15. The molecule has 1 aromatic carbocycles. The summed E-state index contributed by atoms with van der Waals surface area (Å²) in [6.45, 7) is 0. The Morgan fingerprint density at radius 2 is 1.45 bits per heavy atom. The minimum atomic E-state index is -0.604. The van der Waals surface area contributed by atoms with Gasteiger partial charge in [-0.1, -0.05) is 24.3 Å². The molecule has 6 heteroatoms. The van der Waals surface area contributed by atoms with Crippen molar-refractivity contribution in [3.63, 3.8) is 0 Å². The molecule has 2 heterocycles. The Labute approximate surface area is 125 Å². The Hall–Kier alpha value is -2.50. The summed E-state index contributed by atoms with van der Waals surface area (Å²) in [4.78, 5) is 47.1. The van der Waals surface area contributed by atoms with Gasteiger partial charge < -0.3 is 9.47 Å². The standard InChI is InChI=1S/C16H12O6/c17-12-6-10(14(18)21-12)9-5-11-13(16(20)22-15(11)19)8-4-2-1-3-7(8)9/h1-4,9-11,13H,5-6H2/t9?,10?,11?,13-/m1/s1. The molecule has 1 aromatic rings. The maximum Gasteiger partial charge on any atom is 0.321 e. The molecule has 22 heavy (non-hydrogen) atoms. The Balaban J connectivity index is 1.81. The van der Waals surface area contributed by atoms with Gasteiger partial charge in [-0.25, -0.2) is 0 Å². The van der Waals surface area contributed by atoms with Crippen LogP contribution in [0, 0.1) is 11.8 Å². The third-order valence-electron chi connectivity index (χ3n) is 4.79. The van der Waals surface area contributed by atoms with Gasteiger partial charge in [0.1, 0.15) is 0 Å². The van der Waals surface area contributed by atoms with E-state index in [2.05, 4.69) is 4.74 Å². The maximum absolute atomic E-state index is 11.9. The zero-order chi connectivity index (χ0) is 15.4. The van der Waals surface area contributed by atoms with Crippen molar-refractivity contribution in [3.05, 3.63) is 35.4 Å². The van der Waals surface area contributed by atoms with Crippen LogP contribution in [-0.4, -0.2) is 23.9 Å². The molecule has 6 nitrogen and oxygen atoms in total. The van der Waals surface area contributed by atoms with Gasteiger partial charge in [-0.3, -0.25) is 19.2 Å². The quantitative estimate of drug-likeness (QED) is 0.569. The van der Waals surface area contributed by atoms with Gasteiger partial charge in [-0.05, 0) is 23.5 Å². The van der Waals surface area contributed by atoms with Crippen molar-refractivity contribution >= 4 is 23.9 Å². The molecule has 0 N–H and O–H groups in total. The van der Waals surface area contributed by atoms with Crippen molar-refractivity contribution in [2.75, 3.05) is 0 Å². The number of hydrogen-bond donors (Lipinski definition) is 0. The summed E-state index contributed by atoms with van der Waals surface area (Å²) in [5, 5.41) is 0. The largest absolute Gasteiger partial charge is 0.393 e. The number of rotatable bonds is 1. The summed E-state index contributed by atoms with van der Waals surface area (Å²) < 4.78 is 9.40. The molecule has 4 atom stereocenters. The molecule has 0 saturated carbocycles. The van der Waals surface area contributed by atoms with Crippen molar-refractivity contribution in [2.45, 2.75) is 24.7 Å². The van der Waals surface area contributed by atoms with Crippen LogP contribution >= 0.6 is 0 Å². The number of carbonyl (C=O) groups excluding carboxylic acids is 4. The van der Waals surface area contributed by atoms with E-state index in [1.165, 1.54) is 0 Å². The molecule has 0 aromatic heterocycles. The van der Waals surface area contributed by atoms with Crippen LogP contribution in [0.4, 0.5) is 0 Å². The number of ether oxygens (including phenoxy) is 2. The summed E-state index contributed by atoms with van der Waals surface area (Å²) in [5.74, 6) is -4.28. The molecule has 1 aliphatic carbocycles. The number of esters is 4. The van der Waals surface area contributed by atoms with Gasteiger partial charge in [0.25, 0.3) is 0 Å². The highest BCUT2D eigenvalue weighted by Gasteiger charge is 2.53. The van der Waals surface area contributed by atoms with Crippen LogP contribution in [0.1, 0.15) is 35.8 Å². The number of fused-ring (bicyclic) bond motifs is 3. The van der Waals surface area contributed by atoms with E-state index in [4.69, 9.17) is 4.74 Å². The third kappa shape index (κ3) is 1.73. The lowest BCUT2D eigenvalue weighted by Gasteiger charge is -2.32. The SMILES string of the molecule is O=C1CC(C2CC3C(=O)OC(=O)[C@@H]3c3ccccc32)C(=O)O1. The van der Waals surface area contributed by atoms with Gasteiger partial charge in [0, 0.05) is 0 Å². The van der Waals surface area contributed by atoms with E-state index >= 15 is 0 Å². The lowest BCUT2D eigenvalue weighted by atomic mass is 9.67. The highest BCUT2D eigenvalue weighted by Crippen LogP contribution is 2.50. The molecule has 112 valence electrons. The van der Waals surface area contributed by atoms with Crippen LogP contribution in [-0.2, 0) is 28.7 Å². The van der Waals surface area contributed by atoms with E-state index in [0.717, 1.165) is 5.56 Å². The first kappa shape index (κ1) is 13.2. The summed E-state index contributed by atoms with van der Waals surface area (Å²) in [5.41, 5.74) is 1.54. The van der Waals surface area contributed by atoms with Gasteiger partial charge >= 0.3 is 23.9 Å². The molecule has 4 rings (SSSR count). The second kappa shape index (κ2) is 4.50. The van der Waals surface area contributed by atoms with Crippen LogP contribution in [0.3, 0.4) is 0 Å². The highest BCUT2D eigenvalue weighted by molar-refractivity contribution is 6.01. The first-order chi connectivity index (χ1) is 10.6. The minimum Gasteiger partial charge on any atom is -0.393 e.